The molecule has 0 saturated carbocycles. The molecule has 5 aromatic rings. The quantitative estimate of drug-likeness (QED) is 0.225. The highest BCUT2D eigenvalue weighted by molar-refractivity contribution is 6.31. The Hall–Kier alpha value is -4.97. The summed E-state index contributed by atoms with van der Waals surface area (Å²) < 4.78 is 56.1. The van der Waals surface area contributed by atoms with Crippen LogP contribution in [0.2, 0.25) is 5.02 Å². The highest BCUT2D eigenvalue weighted by Crippen LogP contribution is 2.27. The zero-order valence-electron chi connectivity index (χ0n) is 20.0. The number of anilines is 2. The summed E-state index contributed by atoms with van der Waals surface area (Å²) in [7, 11) is 0. The van der Waals surface area contributed by atoms with Crippen LogP contribution in [0.1, 0.15) is 20.7 Å². The summed E-state index contributed by atoms with van der Waals surface area (Å²) in [5.74, 6) is -2.07. The van der Waals surface area contributed by atoms with Crippen molar-refractivity contribution in [1.82, 2.24) is 14.4 Å². The van der Waals surface area contributed by atoms with Crippen LogP contribution in [-0.4, -0.2) is 32.5 Å². The average Bonchev–Trinajstić information content (AvgIpc) is 3.35. The number of hydrogen-bond acceptors (Lipinski definition) is 5. The van der Waals surface area contributed by atoms with Gasteiger partial charge in [0.05, 0.1) is 16.9 Å². The minimum absolute atomic E-state index is 0.0796. The van der Waals surface area contributed by atoms with E-state index >= 15 is 0 Å². The molecule has 0 fully saturated rings. The zero-order chi connectivity index (χ0) is 28.4. The molecule has 0 unspecified atom stereocenters. The topological polar surface area (TPSA) is 97.6 Å². The number of benzene rings is 3. The lowest BCUT2D eigenvalue weighted by Crippen LogP contribution is -2.17. The van der Waals surface area contributed by atoms with Gasteiger partial charge in [-0.1, -0.05) is 23.7 Å². The molecule has 0 radical (unpaired) electrons. The summed E-state index contributed by atoms with van der Waals surface area (Å²) in [5, 5.41) is 5.17. The van der Waals surface area contributed by atoms with Crippen molar-refractivity contribution in [3.63, 3.8) is 0 Å². The first-order valence-electron chi connectivity index (χ1n) is 11.4. The number of carbonyl (C=O) groups excluding carboxylic acids is 2. The molecule has 8 nitrogen and oxygen atoms in total. The maximum atomic E-state index is 13.4. The van der Waals surface area contributed by atoms with Gasteiger partial charge in [0.1, 0.15) is 11.6 Å². The van der Waals surface area contributed by atoms with Gasteiger partial charge in [0, 0.05) is 34.8 Å². The Bertz CT molecular complexity index is 1740. The smallest absolute Gasteiger partial charge is 0.406 e. The van der Waals surface area contributed by atoms with Crippen LogP contribution in [-0.2, 0) is 0 Å². The summed E-state index contributed by atoms with van der Waals surface area (Å²) >= 11 is 5.78. The van der Waals surface area contributed by atoms with Gasteiger partial charge < -0.3 is 15.4 Å². The second kappa shape index (κ2) is 10.7. The van der Waals surface area contributed by atoms with E-state index < -0.39 is 29.7 Å². The molecular formula is C27H16ClF4N5O3. The molecule has 0 bridgehead atoms. The number of fused-ring (bicyclic) bond motifs is 1. The fourth-order valence-electron chi connectivity index (χ4n) is 3.81. The van der Waals surface area contributed by atoms with E-state index in [1.54, 1.807) is 41.1 Å². The summed E-state index contributed by atoms with van der Waals surface area (Å²) in [5.41, 5.74) is 2.31. The van der Waals surface area contributed by atoms with Crippen LogP contribution in [0.4, 0.5) is 29.1 Å². The largest absolute Gasteiger partial charge is 0.573 e. The Labute approximate surface area is 228 Å². The maximum absolute atomic E-state index is 13.4. The van der Waals surface area contributed by atoms with E-state index in [4.69, 9.17) is 11.6 Å². The van der Waals surface area contributed by atoms with Gasteiger partial charge in [0.25, 0.3) is 11.8 Å². The number of aromatic nitrogens is 3. The number of rotatable bonds is 6. The van der Waals surface area contributed by atoms with Gasteiger partial charge in [0.2, 0.25) is 0 Å². The van der Waals surface area contributed by atoms with Crippen LogP contribution in [0.15, 0.2) is 85.3 Å². The molecule has 0 atom stereocenters. The molecule has 13 heteroatoms. The van der Waals surface area contributed by atoms with E-state index in [9.17, 15) is 27.2 Å². The molecule has 5 rings (SSSR count). The summed E-state index contributed by atoms with van der Waals surface area (Å²) in [6, 6.07) is 15.0. The van der Waals surface area contributed by atoms with Crippen molar-refractivity contribution in [2.45, 2.75) is 6.36 Å². The lowest BCUT2D eigenvalue weighted by atomic mass is 10.1. The van der Waals surface area contributed by atoms with Crippen LogP contribution in [0.5, 0.6) is 5.75 Å². The average molecular weight is 570 g/mol. The van der Waals surface area contributed by atoms with E-state index in [0.29, 0.717) is 22.6 Å². The fraction of sp³-hybridized carbons (Fsp3) is 0.0370. The first-order valence-corrected chi connectivity index (χ1v) is 11.8. The number of ether oxygens (including phenoxy) is 1. The van der Waals surface area contributed by atoms with Crippen molar-refractivity contribution in [3.05, 3.63) is 107 Å². The minimum atomic E-state index is -4.84. The second-order valence-electron chi connectivity index (χ2n) is 8.30. The Morgan fingerprint density at radius 2 is 1.62 bits per heavy atom. The van der Waals surface area contributed by atoms with Crippen molar-refractivity contribution in [1.29, 1.82) is 0 Å². The van der Waals surface area contributed by atoms with E-state index in [-0.39, 0.29) is 22.0 Å². The lowest BCUT2D eigenvalue weighted by molar-refractivity contribution is -0.274. The van der Waals surface area contributed by atoms with Gasteiger partial charge in [-0.05, 0) is 54.6 Å². The molecule has 2 amide bonds. The third-order valence-corrected chi connectivity index (χ3v) is 5.90. The van der Waals surface area contributed by atoms with E-state index in [2.05, 4.69) is 25.3 Å². The van der Waals surface area contributed by atoms with Gasteiger partial charge in [-0.25, -0.2) is 14.4 Å². The predicted octanol–water partition coefficient (Wildman–Crippen LogP) is 6.59. The third kappa shape index (κ3) is 5.86. The van der Waals surface area contributed by atoms with E-state index in [1.165, 1.54) is 30.5 Å². The van der Waals surface area contributed by atoms with Crippen molar-refractivity contribution in [3.8, 4) is 17.0 Å². The van der Waals surface area contributed by atoms with Crippen molar-refractivity contribution in [2.24, 2.45) is 0 Å². The summed E-state index contributed by atoms with van der Waals surface area (Å²) in [6.45, 7) is 0. The first kappa shape index (κ1) is 26.6. The van der Waals surface area contributed by atoms with Crippen LogP contribution >= 0.6 is 11.6 Å². The molecule has 2 aromatic heterocycles. The Morgan fingerprint density at radius 1 is 0.900 bits per heavy atom. The first-order chi connectivity index (χ1) is 19.1. The standard InChI is InChI=1S/C27H16ClF4N5O3/c28-20-13-17(6-9-21(20)29)26(39)35-18-3-1-2-16(12-18)22-14-34-24-23(33-10-11-37(22)24)36-25(38)15-4-7-19(8-5-15)40-27(30,31)32/h1-14H,(H,35,39)(H,33,36,38). The van der Waals surface area contributed by atoms with Gasteiger partial charge in [-0.3, -0.25) is 14.0 Å². The molecule has 202 valence electrons. The van der Waals surface area contributed by atoms with Gasteiger partial charge in [0.15, 0.2) is 11.5 Å². The SMILES string of the molecule is O=C(Nc1cccc(-c2cnc3c(NC(=O)c4ccc(OC(F)(F)F)cc4)nccn23)c1)c1ccc(F)c(Cl)c1. The molecular weight excluding hydrogens is 554 g/mol. The predicted molar refractivity (Wildman–Crippen MR) is 139 cm³/mol. The molecule has 0 aliphatic carbocycles. The van der Waals surface area contributed by atoms with Crippen molar-refractivity contribution >= 4 is 40.6 Å². The normalized spacial score (nSPS) is 11.3. The number of hydrogen-bond donors (Lipinski definition) is 2. The van der Waals surface area contributed by atoms with Crippen LogP contribution in [0.3, 0.4) is 0 Å². The Kier molecular flexibility index (Phi) is 7.09. The zero-order valence-corrected chi connectivity index (χ0v) is 20.8. The number of nitrogens with one attached hydrogen (secondary N) is 2. The molecule has 2 heterocycles. The minimum Gasteiger partial charge on any atom is -0.406 e. The van der Waals surface area contributed by atoms with Crippen molar-refractivity contribution in [2.75, 3.05) is 10.6 Å². The number of alkyl halides is 3. The molecule has 0 saturated heterocycles. The lowest BCUT2D eigenvalue weighted by Gasteiger charge is -2.10. The van der Waals surface area contributed by atoms with Crippen LogP contribution in [0, 0.1) is 5.82 Å². The summed E-state index contributed by atoms with van der Waals surface area (Å²) in [6.07, 6.45) is -0.222. The van der Waals surface area contributed by atoms with Gasteiger partial charge in [-0.2, -0.15) is 0 Å². The van der Waals surface area contributed by atoms with E-state index in [1.807, 2.05) is 0 Å². The highest BCUT2D eigenvalue weighted by atomic mass is 35.5. The fourth-order valence-corrected chi connectivity index (χ4v) is 3.99. The number of halogens is 5. The maximum Gasteiger partial charge on any atom is 0.573 e. The van der Waals surface area contributed by atoms with Crippen molar-refractivity contribution < 1.29 is 31.9 Å². The van der Waals surface area contributed by atoms with Gasteiger partial charge >= 0.3 is 6.36 Å². The molecule has 40 heavy (non-hydrogen) atoms. The van der Waals surface area contributed by atoms with E-state index in [0.717, 1.165) is 18.2 Å². The Morgan fingerprint density at radius 3 is 2.35 bits per heavy atom. The molecule has 2 N–H and O–H groups in total. The molecule has 0 aliphatic rings. The Balaban J connectivity index is 1.35. The van der Waals surface area contributed by atoms with Gasteiger partial charge in [-0.15, -0.1) is 13.2 Å². The second-order valence-corrected chi connectivity index (χ2v) is 8.71. The molecule has 0 spiro atoms. The molecule has 3 aromatic carbocycles. The van der Waals surface area contributed by atoms with Crippen LogP contribution < -0.4 is 15.4 Å². The monoisotopic (exact) mass is 569 g/mol. The van der Waals surface area contributed by atoms with Crippen LogP contribution in [0.25, 0.3) is 16.9 Å². The number of carbonyl (C=O) groups is 2. The summed E-state index contributed by atoms with van der Waals surface area (Å²) in [4.78, 5) is 33.9. The highest BCUT2D eigenvalue weighted by Gasteiger charge is 2.31. The molecule has 0 aliphatic heterocycles. The third-order valence-electron chi connectivity index (χ3n) is 5.61. The number of imidazole rings is 1. The number of amides is 2. The number of nitrogens with zero attached hydrogens (tertiary/aromatic N) is 3.